The molecule has 3 aromatic rings. The number of H-pyrrole nitrogens is 1. The molecular formula is C23H29N5O4S. The van der Waals surface area contributed by atoms with Gasteiger partial charge in [0.1, 0.15) is 11.6 Å². The summed E-state index contributed by atoms with van der Waals surface area (Å²) in [6.45, 7) is 7.12. The molecule has 0 unspecified atom stereocenters. The maximum absolute atomic E-state index is 12.9. The Bertz CT molecular complexity index is 1230. The first-order chi connectivity index (χ1) is 15.9. The smallest absolute Gasteiger partial charge is 0.237 e. The summed E-state index contributed by atoms with van der Waals surface area (Å²) < 4.78 is 31.2. The van der Waals surface area contributed by atoms with Gasteiger partial charge in [-0.3, -0.25) is 4.79 Å². The zero-order valence-corrected chi connectivity index (χ0v) is 19.8. The maximum Gasteiger partial charge on any atom is 0.237 e. The minimum atomic E-state index is -3.70. The summed E-state index contributed by atoms with van der Waals surface area (Å²) in [7, 11) is -3.70. The molecule has 1 N–H and O–H groups in total. The fraction of sp³-hybridized carbons (Fsp3) is 0.435. The number of carbonyl (C=O) groups is 1. The van der Waals surface area contributed by atoms with E-state index >= 15 is 0 Å². The van der Waals surface area contributed by atoms with Crippen LogP contribution in [-0.2, 0) is 25.1 Å². The number of aromatic nitrogens is 3. The lowest BCUT2D eigenvalue weighted by atomic mass is 10.1. The summed E-state index contributed by atoms with van der Waals surface area (Å²) in [5.74, 6) is -0.115. The van der Waals surface area contributed by atoms with E-state index in [-0.39, 0.29) is 11.7 Å². The highest BCUT2D eigenvalue weighted by atomic mass is 32.2. The summed E-state index contributed by atoms with van der Waals surface area (Å²) in [5.41, 5.74) is 2.18. The number of benzene rings is 1. The fourth-order valence-corrected chi connectivity index (χ4v) is 5.22. The van der Waals surface area contributed by atoms with Gasteiger partial charge in [0.05, 0.1) is 24.7 Å². The van der Waals surface area contributed by atoms with E-state index in [0.717, 1.165) is 16.5 Å². The van der Waals surface area contributed by atoms with Crippen molar-refractivity contribution < 1.29 is 17.9 Å². The number of rotatable bonds is 8. The lowest BCUT2D eigenvalue weighted by molar-refractivity contribution is -0.128. The minimum absolute atomic E-state index is 0.320. The number of hydrogen-bond donors (Lipinski definition) is 1. The summed E-state index contributed by atoms with van der Waals surface area (Å²) in [5, 5.41) is 1.02. The molecule has 1 aliphatic rings. The van der Waals surface area contributed by atoms with Gasteiger partial charge in [-0.1, -0.05) is 0 Å². The lowest BCUT2D eigenvalue weighted by Crippen LogP contribution is -2.37. The molecule has 1 fully saturated rings. The molecule has 0 radical (unpaired) electrons. The predicted octanol–water partition coefficient (Wildman–Crippen LogP) is 2.24. The highest BCUT2D eigenvalue weighted by molar-refractivity contribution is 7.91. The predicted molar refractivity (Wildman–Crippen MR) is 128 cm³/mol. The van der Waals surface area contributed by atoms with Crippen LogP contribution < -0.4 is 4.90 Å². The first-order valence-corrected chi connectivity index (χ1v) is 13.0. The number of fused-ring (bicyclic) bond motifs is 1. The number of carbonyl (C=O) groups excluding carboxylic acids is 1. The van der Waals surface area contributed by atoms with Crippen molar-refractivity contribution in [2.75, 3.05) is 50.0 Å². The molecular weight excluding hydrogens is 442 g/mol. The van der Waals surface area contributed by atoms with Crippen molar-refractivity contribution in [3.8, 4) is 11.4 Å². The Hall–Kier alpha value is -2.98. The second-order valence-corrected chi connectivity index (χ2v) is 10.1. The van der Waals surface area contributed by atoms with Gasteiger partial charge in [-0.15, -0.1) is 0 Å². The quantitative estimate of drug-likeness (QED) is 0.537. The van der Waals surface area contributed by atoms with Crippen molar-refractivity contribution in [1.29, 1.82) is 0 Å². The van der Waals surface area contributed by atoms with Crippen molar-refractivity contribution in [2.24, 2.45) is 0 Å². The SMILES string of the molecule is CCN(CC)C(=O)CS(=O)(=O)Cc1cc(N2CCOCC2)nc(-c2ccc3[nH]ccc3c2)n1. The number of sulfone groups is 1. The summed E-state index contributed by atoms with van der Waals surface area (Å²) in [6, 6.07) is 9.53. The first-order valence-electron chi connectivity index (χ1n) is 11.1. The van der Waals surface area contributed by atoms with Gasteiger partial charge in [-0.2, -0.15) is 0 Å². The van der Waals surface area contributed by atoms with Gasteiger partial charge >= 0.3 is 0 Å². The number of morpholine rings is 1. The standard InChI is InChI=1S/C23H29N5O4S/c1-3-27(4-2)22(29)16-33(30,31)15-19-14-21(28-9-11-32-12-10-28)26-23(25-19)18-5-6-20-17(13-18)7-8-24-20/h5-8,13-14,24H,3-4,9-12,15-16H2,1-2H3. The van der Waals surface area contributed by atoms with Gasteiger partial charge in [0.2, 0.25) is 5.91 Å². The molecule has 0 spiro atoms. The molecule has 1 aromatic carbocycles. The molecule has 1 aliphatic heterocycles. The number of nitrogens with one attached hydrogen (secondary N) is 1. The van der Waals surface area contributed by atoms with Gasteiger partial charge in [0.15, 0.2) is 15.7 Å². The van der Waals surface area contributed by atoms with Crippen LogP contribution in [0.4, 0.5) is 5.82 Å². The minimum Gasteiger partial charge on any atom is -0.378 e. The fourth-order valence-electron chi connectivity index (χ4n) is 3.97. The van der Waals surface area contributed by atoms with E-state index in [9.17, 15) is 13.2 Å². The van der Waals surface area contributed by atoms with Gasteiger partial charge in [0.25, 0.3) is 0 Å². The molecule has 1 amide bonds. The van der Waals surface area contributed by atoms with Crippen molar-refractivity contribution in [2.45, 2.75) is 19.6 Å². The summed E-state index contributed by atoms with van der Waals surface area (Å²) >= 11 is 0. The zero-order valence-electron chi connectivity index (χ0n) is 19.0. The van der Waals surface area contributed by atoms with E-state index in [1.54, 1.807) is 6.07 Å². The second-order valence-electron chi connectivity index (χ2n) is 8.02. The Kier molecular flexibility index (Phi) is 6.94. The Morgan fingerprint density at radius 3 is 2.61 bits per heavy atom. The highest BCUT2D eigenvalue weighted by Crippen LogP contribution is 2.25. The van der Waals surface area contributed by atoms with Crippen LogP contribution in [0.1, 0.15) is 19.5 Å². The molecule has 9 nitrogen and oxygen atoms in total. The molecule has 0 aliphatic carbocycles. The molecule has 10 heteroatoms. The largest absolute Gasteiger partial charge is 0.378 e. The number of ether oxygens (including phenoxy) is 1. The van der Waals surface area contributed by atoms with Crippen LogP contribution in [0.15, 0.2) is 36.5 Å². The van der Waals surface area contributed by atoms with Crippen LogP contribution >= 0.6 is 0 Å². The van der Waals surface area contributed by atoms with Crippen LogP contribution in [-0.4, -0.2) is 79.3 Å². The van der Waals surface area contributed by atoms with Gasteiger partial charge in [-0.05, 0) is 38.1 Å². The molecule has 0 bridgehead atoms. The molecule has 2 aromatic heterocycles. The van der Waals surface area contributed by atoms with Crippen molar-refractivity contribution in [1.82, 2.24) is 19.9 Å². The average Bonchev–Trinajstić information content (AvgIpc) is 3.27. The Balaban J connectivity index is 1.67. The number of hydrogen-bond acceptors (Lipinski definition) is 7. The molecule has 0 saturated carbocycles. The number of nitrogens with zero attached hydrogens (tertiary/aromatic N) is 4. The molecule has 4 rings (SSSR count). The van der Waals surface area contributed by atoms with E-state index in [0.29, 0.717) is 56.7 Å². The molecule has 1 saturated heterocycles. The Labute approximate surface area is 193 Å². The number of amides is 1. The Morgan fingerprint density at radius 2 is 1.88 bits per heavy atom. The van der Waals surface area contributed by atoms with E-state index in [2.05, 4.69) is 14.9 Å². The van der Waals surface area contributed by atoms with Crippen LogP contribution in [0.3, 0.4) is 0 Å². The first kappa shape index (κ1) is 23.2. The maximum atomic E-state index is 12.9. The van der Waals surface area contributed by atoms with Gasteiger partial charge < -0.3 is 19.5 Å². The van der Waals surface area contributed by atoms with Crippen LogP contribution in [0.25, 0.3) is 22.3 Å². The highest BCUT2D eigenvalue weighted by Gasteiger charge is 2.23. The second kappa shape index (κ2) is 9.88. The number of anilines is 1. The third kappa shape index (κ3) is 5.51. The Morgan fingerprint density at radius 1 is 1.12 bits per heavy atom. The summed E-state index contributed by atoms with van der Waals surface area (Å²) in [6.07, 6.45) is 1.87. The average molecular weight is 472 g/mol. The van der Waals surface area contributed by atoms with Crippen LogP contribution in [0.2, 0.25) is 0 Å². The van der Waals surface area contributed by atoms with Crippen molar-refractivity contribution in [3.63, 3.8) is 0 Å². The summed E-state index contributed by atoms with van der Waals surface area (Å²) in [4.78, 5) is 28.5. The molecule has 176 valence electrons. The normalized spacial score (nSPS) is 14.5. The third-order valence-electron chi connectivity index (χ3n) is 5.74. The lowest BCUT2D eigenvalue weighted by Gasteiger charge is -2.28. The van der Waals surface area contributed by atoms with Gasteiger partial charge in [0, 0.05) is 54.9 Å². The van der Waals surface area contributed by atoms with E-state index in [4.69, 9.17) is 9.72 Å². The van der Waals surface area contributed by atoms with Crippen LogP contribution in [0, 0.1) is 0 Å². The van der Waals surface area contributed by atoms with E-state index in [1.807, 2.05) is 44.3 Å². The topological polar surface area (TPSA) is 108 Å². The molecule has 0 atom stereocenters. The van der Waals surface area contributed by atoms with E-state index < -0.39 is 15.6 Å². The van der Waals surface area contributed by atoms with Gasteiger partial charge in [-0.25, -0.2) is 18.4 Å². The van der Waals surface area contributed by atoms with Crippen LogP contribution in [0.5, 0.6) is 0 Å². The van der Waals surface area contributed by atoms with Crippen molar-refractivity contribution in [3.05, 3.63) is 42.2 Å². The zero-order chi connectivity index (χ0) is 23.4. The number of aromatic amines is 1. The third-order valence-corrected chi connectivity index (χ3v) is 7.16. The molecule has 33 heavy (non-hydrogen) atoms. The van der Waals surface area contributed by atoms with Crippen molar-refractivity contribution >= 4 is 32.5 Å². The monoisotopic (exact) mass is 471 g/mol. The molecule has 3 heterocycles. The van der Waals surface area contributed by atoms with E-state index in [1.165, 1.54) is 4.90 Å².